The molecule has 2 aliphatic carbocycles. The molecule has 0 aromatic heterocycles. The van der Waals surface area contributed by atoms with E-state index in [9.17, 15) is 19.2 Å². The summed E-state index contributed by atoms with van der Waals surface area (Å²) < 4.78 is 22.0. The molecule has 11 heteroatoms. The number of methoxy groups -OCH3 is 4. The quantitative estimate of drug-likeness (QED) is 0.313. The largest absolute Gasteiger partial charge is 0.493 e. The Balaban J connectivity index is 1.68. The van der Waals surface area contributed by atoms with E-state index in [2.05, 4.69) is 16.0 Å². The number of carbonyl (C=O) groups is 3. The van der Waals surface area contributed by atoms with E-state index in [0.29, 0.717) is 47.8 Å². The maximum atomic E-state index is 13.7. The molecule has 2 amide bonds. The van der Waals surface area contributed by atoms with Gasteiger partial charge in [-0.2, -0.15) is 0 Å². The number of anilines is 1. The summed E-state index contributed by atoms with van der Waals surface area (Å²) in [6.45, 7) is 3.49. The molecule has 45 heavy (non-hydrogen) atoms. The van der Waals surface area contributed by atoms with Gasteiger partial charge in [-0.25, -0.2) is 0 Å². The Morgan fingerprint density at radius 2 is 1.69 bits per heavy atom. The van der Waals surface area contributed by atoms with Crippen LogP contribution in [0.4, 0.5) is 5.69 Å². The fourth-order valence-corrected chi connectivity index (χ4v) is 6.65. The van der Waals surface area contributed by atoms with Crippen LogP contribution in [0.3, 0.4) is 0 Å². The Hall–Kier alpha value is -4.28. The molecule has 2 atom stereocenters. The van der Waals surface area contributed by atoms with Crippen LogP contribution in [0, 0.1) is 5.41 Å². The molecule has 4 rings (SSSR count). The molecular weight excluding hydrogens is 578 g/mol. The van der Waals surface area contributed by atoms with E-state index < -0.39 is 12.1 Å². The molecule has 1 saturated carbocycles. The highest BCUT2D eigenvalue weighted by atomic mass is 16.5. The maximum absolute atomic E-state index is 13.7. The highest BCUT2D eigenvalue weighted by Gasteiger charge is 2.36. The van der Waals surface area contributed by atoms with E-state index in [1.54, 1.807) is 27.2 Å². The van der Waals surface area contributed by atoms with Crippen LogP contribution in [0.25, 0.3) is 11.1 Å². The second-order valence-electron chi connectivity index (χ2n) is 12.0. The van der Waals surface area contributed by atoms with Crippen molar-refractivity contribution in [2.45, 2.75) is 77.3 Å². The van der Waals surface area contributed by atoms with Gasteiger partial charge in [-0.1, -0.05) is 25.3 Å². The Morgan fingerprint density at radius 3 is 2.31 bits per heavy atom. The van der Waals surface area contributed by atoms with E-state index in [1.807, 2.05) is 12.1 Å². The normalized spacial score (nSPS) is 17.3. The van der Waals surface area contributed by atoms with Gasteiger partial charge in [0.05, 0.1) is 46.6 Å². The van der Waals surface area contributed by atoms with Crippen molar-refractivity contribution in [3.63, 3.8) is 0 Å². The van der Waals surface area contributed by atoms with Gasteiger partial charge >= 0.3 is 5.97 Å². The summed E-state index contributed by atoms with van der Waals surface area (Å²) in [5.41, 5.74) is 2.56. The summed E-state index contributed by atoms with van der Waals surface area (Å²) in [5, 5.41) is 9.10. The van der Waals surface area contributed by atoms with Crippen molar-refractivity contribution in [2.24, 2.45) is 5.41 Å². The zero-order valence-electron chi connectivity index (χ0n) is 27.1. The Labute approximate surface area is 264 Å². The molecule has 0 bridgehead atoms. The van der Waals surface area contributed by atoms with Crippen molar-refractivity contribution >= 4 is 23.5 Å². The van der Waals surface area contributed by atoms with Crippen LogP contribution in [0.2, 0.25) is 0 Å². The monoisotopic (exact) mass is 623 g/mol. The summed E-state index contributed by atoms with van der Waals surface area (Å²) in [6, 6.07) is 5.69. The molecule has 2 aliphatic rings. The van der Waals surface area contributed by atoms with E-state index >= 15 is 0 Å². The summed E-state index contributed by atoms with van der Waals surface area (Å²) in [5.74, 6) is 0.615. The number of ether oxygens (including phenoxy) is 4. The number of esters is 1. The highest BCUT2D eigenvalue weighted by molar-refractivity contribution is 5.86. The highest BCUT2D eigenvalue weighted by Crippen LogP contribution is 2.50. The van der Waals surface area contributed by atoms with Crippen LogP contribution < -0.4 is 35.6 Å². The lowest BCUT2D eigenvalue weighted by Crippen LogP contribution is -2.45. The molecule has 1 fully saturated rings. The maximum Gasteiger partial charge on any atom is 0.306 e. The van der Waals surface area contributed by atoms with E-state index in [-0.39, 0.29) is 40.7 Å². The first-order chi connectivity index (χ1) is 21.6. The van der Waals surface area contributed by atoms with Crippen LogP contribution in [0.15, 0.2) is 29.1 Å². The minimum absolute atomic E-state index is 0.218. The molecular formula is C34H45N3O8. The molecule has 0 aliphatic heterocycles. The number of amides is 2. The molecule has 0 unspecified atom stereocenters. The predicted molar refractivity (Wildman–Crippen MR) is 171 cm³/mol. The molecule has 0 saturated heterocycles. The number of carbonyl (C=O) groups excluding carboxylic acids is 3. The third kappa shape index (κ3) is 7.51. The number of benzene rings is 1. The summed E-state index contributed by atoms with van der Waals surface area (Å²) in [6.07, 6.45) is 6.16. The van der Waals surface area contributed by atoms with Crippen LogP contribution in [-0.2, 0) is 25.5 Å². The van der Waals surface area contributed by atoms with E-state index in [1.165, 1.54) is 27.2 Å². The van der Waals surface area contributed by atoms with Gasteiger partial charge in [0.15, 0.2) is 11.5 Å². The van der Waals surface area contributed by atoms with E-state index in [4.69, 9.17) is 18.9 Å². The molecule has 3 N–H and O–H groups in total. The van der Waals surface area contributed by atoms with Crippen LogP contribution in [0.5, 0.6) is 17.2 Å². The molecule has 0 heterocycles. The molecule has 2 aromatic rings. The lowest BCUT2D eigenvalue weighted by atomic mass is 9.71. The smallest absolute Gasteiger partial charge is 0.306 e. The van der Waals surface area contributed by atoms with Crippen molar-refractivity contribution in [1.29, 1.82) is 0 Å². The van der Waals surface area contributed by atoms with Gasteiger partial charge in [-0.05, 0) is 72.9 Å². The first-order valence-electron chi connectivity index (χ1n) is 15.4. The van der Waals surface area contributed by atoms with Crippen molar-refractivity contribution in [1.82, 2.24) is 10.6 Å². The molecule has 0 spiro atoms. The lowest BCUT2D eigenvalue weighted by molar-refractivity contribution is -0.144. The third-order valence-electron chi connectivity index (χ3n) is 8.98. The number of hydrogen-bond donors (Lipinski definition) is 3. The Kier molecular flexibility index (Phi) is 11.0. The lowest BCUT2D eigenvalue weighted by Gasteiger charge is -2.36. The van der Waals surface area contributed by atoms with Crippen molar-refractivity contribution in [3.05, 3.63) is 45.6 Å². The van der Waals surface area contributed by atoms with Crippen molar-refractivity contribution in [2.75, 3.05) is 40.3 Å². The first kappa shape index (κ1) is 33.6. The fraction of sp³-hybridized carbons (Fsp3) is 0.529. The number of nitrogens with one attached hydrogen (secondary N) is 3. The van der Waals surface area contributed by atoms with Gasteiger partial charge < -0.3 is 34.9 Å². The summed E-state index contributed by atoms with van der Waals surface area (Å²) in [4.78, 5) is 51.3. The Bertz CT molecular complexity index is 1480. The van der Waals surface area contributed by atoms with Crippen LogP contribution >= 0.6 is 0 Å². The second kappa shape index (κ2) is 14.7. The molecule has 11 nitrogen and oxygen atoms in total. The van der Waals surface area contributed by atoms with Gasteiger partial charge in [0.1, 0.15) is 6.04 Å². The number of hydrogen-bond acceptors (Lipinski definition) is 9. The molecule has 244 valence electrons. The van der Waals surface area contributed by atoms with Crippen molar-refractivity contribution < 1.29 is 33.3 Å². The van der Waals surface area contributed by atoms with E-state index in [0.717, 1.165) is 43.2 Å². The number of aryl methyl sites for hydroxylation is 1. The standard InChI is InChI=1S/C34H45N3O8/c1-20(33(41)35-19-34(18-29(40)43-4)14-8-7-9-15-34)36-26-13-11-23-24(17-27(26)39)25(37-21(2)38)12-10-22-16-28(42-3)31(44-5)32(45-6)30(22)23/h11,13,16-17,20,25H,7-10,12,14-15,18-19H2,1-6H3,(H,35,41)(H,36,39)(H,37,38)/t20-,25-/m0/s1. The van der Waals surface area contributed by atoms with Gasteiger partial charge in [0, 0.05) is 19.0 Å². The third-order valence-corrected chi connectivity index (χ3v) is 8.98. The number of rotatable bonds is 11. The average molecular weight is 624 g/mol. The molecule has 0 radical (unpaired) electrons. The van der Waals surface area contributed by atoms with Gasteiger partial charge in [-0.3, -0.25) is 19.2 Å². The average Bonchev–Trinajstić information content (AvgIpc) is 3.27. The zero-order chi connectivity index (χ0) is 32.7. The van der Waals surface area contributed by atoms with Crippen LogP contribution in [-0.4, -0.2) is 58.8 Å². The fourth-order valence-electron chi connectivity index (χ4n) is 6.65. The van der Waals surface area contributed by atoms with Gasteiger partial charge in [0.25, 0.3) is 0 Å². The predicted octanol–water partition coefficient (Wildman–Crippen LogP) is 4.29. The summed E-state index contributed by atoms with van der Waals surface area (Å²) in [7, 11) is 6.02. The van der Waals surface area contributed by atoms with Gasteiger partial charge in [-0.15, -0.1) is 0 Å². The summed E-state index contributed by atoms with van der Waals surface area (Å²) >= 11 is 0. The SMILES string of the molecule is COC(=O)CC1(CNC(=O)[C@H](C)Nc2ccc3c(cc2=O)[C@@H](NC(C)=O)CCc2cc(OC)c(OC)c(OC)c2-3)CCCCC1. The van der Waals surface area contributed by atoms with Crippen LogP contribution in [0.1, 0.15) is 76.0 Å². The Morgan fingerprint density at radius 1 is 0.978 bits per heavy atom. The second-order valence-corrected chi connectivity index (χ2v) is 12.0. The molecule has 2 aromatic carbocycles. The van der Waals surface area contributed by atoms with Gasteiger partial charge in [0.2, 0.25) is 23.0 Å². The number of fused-ring (bicyclic) bond motifs is 3. The zero-order valence-corrected chi connectivity index (χ0v) is 27.1. The first-order valence-corrected chi connectivity index (χ1v) is 15.4. The van der Waals surface area contributed by atoms with Crippen molar-refractivity contribution in [3.8, 4) is 28.4 Å². The topological polar surface area (TPSA) is 141 Å². The minimum Gasteiger partial charge on any atom is -0.493 e. The minimum atomic E-state index is -0.740.